The fourth-order valence-electron chi connectivity index (χ4n) is 2.44. The van der Waals surface area contributed by atoms with E-state index >= 15 is 0 Å². The molecule has 4 nitrogen and oxygen atoms in total. The first-order chi connectivity index (χ1) is 12.4. The number of aryl methyl sites for hydroxylation is 1. The average molecular weight is 371 g/mol. The van der Waals surface area contributed by atoms with Crippen LogP contribution in [0.3, 0.4) is 0 Å². The molecule has 6 heteroatoms. The molecule has 0 radical (unpaired) electrons. The fourth-order valence-corrected chi connectivity index (χ4v) is 3.40. The third kappa shape index (κ3) is 4.08. The summed E-state index contributed by atoms with van der Waals surface area (Å²) in [6.45, 7) is 3.86. The zero-order chi connectivity index (χ0) is 18.7. The van der Waals surface area contributed by atoms with E-state index in [1.165, 1.54) is 19.1 Å². The smallest absolute Gasteiger partial charge is 0.349 e. The number of benzene rings is 2. The molecular weight excluding hydrogens is 353 g/mol. The summed E-state index contributed by atoms with van der Waals surface area (Å²) in [5.41, 5.74) is 2.10. The number of amides is 1. The Kier molecular flexibility index (Phi) is 5.32. The van der Waals surface area contributed by atoms with Gasteiger partial charge in [-0.05, 0) is 37.6 Å². The Labute approximate surface area is 154 Å². The van der Waals surface area contributed by atoms with E-state index < -0.39 is 12.1 Å². The molecule has 1 amide bonds. The van der Waals surface area contributed by atoms with Crippen molar-refractivity contribution in [2.24, 2.45) is 0 Å². The van der Waals surface area contributed by atoms with Crippen LogP contribution in [0.15, 0.2) is 48.5 Å². The SMILES string of the molecule is Cc1ccc(CNC(=O)C(C)OC(=O)c2cc3c(F)cccc3s2)cc1. The van der Waals surface area contributed by atoms with Crippen LogP contribution in [0.5, 0.6) is 0 Å². The van der Waals surface area contributed by atoms with Crippen LogP contribution in [0.1, 0.15) is 27.7 Å². The maximum atomic E-state index is 13.7. The number of carbonyl (C=O) groups excluding carboxylic acids is 2. The van der Waals surface area contributed by atoms with E-state index in [0.29, 0.717) is 16.6 Å². The van der Waals surface area contributed by atoms with Crippen molar-refractivity contribution < 1.29 is 18.7 Å². The lowest BCUT2D eigenvalue weighted by molar-refractivity contribution is -0.129. The number of rotatable bonds is 5. The summed E-state index contributed by atoms with van der Waals surface area (Å²) in [5.74, 6) is -1.41. The van der Waals surface area contributed by atoms with Crippen LogP contribution in [-0.2, 0) is 16.1 Å². The van der Waals surface area contributed by atoms with Crippen LogP contribution in [0.2, 0.25) is 0 Å². The first-order valence-electron chi connectivity index (χ1n) is 8.16. The fraction of sp³-hybridized carbons (Fsp3) is 0.200. The van der Waals surface area contributed by atoms with E-state index in [-0.39, 0.29) is 16.6 Å². The molecule has 0 aliphatic heterocycles. The lowest BCUT2D eigenvalue weighted by Crippen LogP contribution is -2.35. The molecule has 3 rings (SSSR count). The van der Waals surface area contributed by atoms with Crippen molar-refractivity contribution in [2.45, 2.75) is 26.5 Å². The Bertz CT molecular complexity index is 949. The van der Waals surface area contributed by atoms with E-state index in [0.717, 1.165) is 22.5 Å². The Morgan fingerprint density at radius 3 is 2.62 bits per heavy atom. The molecule has 0 aliphatic carbocycles. The van der Waals surface area contributed by atoms with Crippen LogP contribution in [-0.4, -0.2) is 18.0 Å². The Morgan fingerprint density at radius 1 is 1.19 bits per heavy atom. The van der Waals surface area contributed by atoms with Crippen LogP contribution in [0.25, 0.3) is 10.1 Å². The number of nitrogens with one attached hydrogen (secondary N) is 1. The number of carbonyl (C=O) groups is 2. The van der Waals surface area contributed by atoms with E-state index in [2.05, 4.69) is 5.32 Å². The molecule has 26 heavy (non-hydrogen) atoms. The maximum Gasteiger partial charge on any atom is 0.349 e. The highest BCUT2D eigenvalue weighted by molar-refractivity contribution is 7.20. The van der Waals surface area contributed by atoms with Crippen LogP contribution in [0, 0.1) is 12.7 Å². The number of thiophene rings is 1. The predicted octanol–water partition coefficient (Wildman–Crippen LogP) is 4.21. The van der Waals surface area contributed by atoms with Crippen LogP contribution in [0.4, 0.5) is 4.39 Å². The molecule has 1 N–H and O–H groups in total. The van der Waals surface area contributed by atoms with E-state index in [4.69, 9.17) is 4.74 Å². The van der Waals surface area contributed by atoms with Crippen molar-refractivity contribution >= 4 is 33.3 Å². The summed E-state index contributed by atoms with van der Waals surface area (Å²) in [7, 11) is 0. The quantitative estimate of drug-likeness (QED) is 0.684. The second-order valence-electron chi connectivity index (χ2n) is 6.01. The van der Waals surface area contributed by atoms with Gasteiger partial charge in [0.05, 0.1) is 0 Å². The van der Waals surface area contributed by atoms with Gasteiger partial charge < -0.3 is 10.1 Å². The van der Waals surface area contributed by atoms with Gasteiger partial charge in [0, 0.05) is 16.6 Å². The number of esters is 1. The Hall–Kier alpha value is -2.73. The van der Waals surface area contributed by atoms with Gasteiger partial charge >= 0.3 is 5.97 Å². The predicted molar refractivity (Wildman–Crippen MR) is 99.7 cm³/mol. The molecule has 134 valence electrons. The van der Waals surface area contributed by atoms with Gasteiger partial charge in [0.15, 0.2) is 6.10 Å². The minimum Gasteiger partial charge on any atom is -0.448 e. The van der Waals surface area contributed by atoms with Crippen molar-refractivity contribution in [1.29, 1.82) is 0 Å². The van der Waals surface area contributed by atoms with Crippen molar-refractivity contribution in [2.75, 3.05) is 0 Å². The highest BCUT2D eigenvalue weighted by Gasteiger charge is 2.20. The molecule has 1 heterocycles. The summed E-state index contributed by atoms with van der Waals surface area (Å²) in [6.07, 6.45) is -0.942. The highest BCUT2D eigenvalue weighted by Crippen LogP contribution is 2.28. The van der Waals surface area contributed by atoms with E-state index in [1.807, 2.05) is 31.2 Å². The molecular formula is C20H18FNO3S. The molecule has 3 aromatic rings. The molecule has 0 saturated heterocycles. The Morgan fingerprint density at radius 2 is 1.92 bits per heavy atom. The number of hydrogen-bond acceptors (Lipinski definition) is 4. The number of fused-ring (bicyclic) bond motifs is 1. The number of hydrogen-bond donors (Lipinski definition) is 1. The second kappa shape index (κ2) is 7.66. The lowest BCUT2D eigenvalue weighted by Gasteiger charge is -2.13. The van der Waals surface area contributed by atoms with Gasteiger partial charge in [-0.3, -0.25) is 4.79 Å². The summed E-state index contributed by atoms with van der Waals surface area (Å²) in [6, 6.07) is 13.9. The summed E-state index contributed by atoms with van der Waals surface area (Å²) in [4.78, 5) is 24.6. The molecule has 0 saturated carbocycles. The van der Waals surface area contributed by atoms with Gasteiger partial charge in [-0.1, -0.05) is 35.9 Å². The van der Waals surface area contributed by atoms with E-state index in [9.17, 15) is 14.0 Å². The van der Waals surface area contributed by atoms with Gasteiger partial charge in [0.2, 0.25) is 0 Å². The number of ether oxygens (including phenoxy) is 1. The normalized spacial score (nSPS) is 12.0. The largest absolute Gasteiger partial charge is 0.448 e. The molecule has 0 fully saturated rings. The third-order valence-electron chi connectivity index (χ3n) is 3.95. The summed E-state index contributed by atoms with van der Waals surface area (Å²) in [5, 5.41) is 3.11. The zero-order valence-corrected chi connectivity index (χ0v) is 15.2. The molecule has 1 aromatic heterocycles. The van der Waals surface area contributed by atoms with Gasteiger partial charge in [0.1, 0.15) is 10.7 Å². The van der Waals surface area contributed by atoms with Gasteiger partial charge in [0.25, 0.3) is 5.91 Å². The standard InChI is InChI=1S/C20H18FNO3S/c1-12-6-8-14(9-7-12)11-22-19(23)13(2)25-20(24)18-10-15-16(21)4-3-5-17(15)26-18/h3-10,13H,11H2,1-2H3,(H,22,23). The van der Waals surface area contributed by atoms with Gasteiger partial charge in [-0.25, -0.2) is 9.18 Å². The topological polar surface area (TPSA) is 55.4 Å². The first-order valence-corrected chi connectivity index (χ1v) is 8.98. The monoisotopic (exact) mass is 371 g/mol. The van der Waals surface area contributed by atoms with Crippen LogP contribution >= 0.6 is 11.3 Å². The highest BCUT2D eigenvalue weighted by atomic mass is 32.1. The van der Waals surface area contributed by atoms with Crippen molar-refractivity contribution in [3.63, 3.8) is 0 Å². The minimum absolute atomic E-state index is 0.267. The van der Waals surface area contributed by atoms with E-state index in [1.54, 1.807) is 12.1 Å². The molecule has 0 bridgehead atoms. The number of halogens is 1. The van der Waals surface area contributed by atoms with Crippen molar-refractivity contribution in [1.82, 2.24) is 5.32 Å². The molecule has 1 unspecified atom stereocenters. The molecule has 1 atom stereocenters. The van der Waals surface area contributed by atoms with Gasteiger partial charge in [-0.15, -0.1) is 11.3 Å². The van der Waals surface area contributed by atoms with Crippen molar-refractivity contribution in [3.05, 3.63) is 70.4 Å². The average Bonchev–Trinajstić information content (AvgIpc) is 3.07. The summed E-state index contributed by atoms with van der Waals surface area (Å²) >= 11 is 1.14. The minimum atomic E-state index is -0.942. The Balaban J connectivity index is 1.59. The zero-order valence-electron chi connectivity index (χ0n) is 14.4. The molecule has 0 aliphatic rings. The lowest BCUT2D eigenvalue weighted by atomic mass is 10.1. The van der Waals surface area contributed by atoms with Crippen molar-refractivity contribution in [3.8, 4) is 0 Å². The third-order valence-corrected chi connectivity index (χ3v) is 5.03. The summed E-state index contributed by atoms with van der Waals surface area (Å²) < 4.78 is 19.6. The molecule has 2 aromatic carbocycles. The first kappa shape index (κ1) is 18.1. The molecule has 0 spiro atoms. The van der Waals surface area contributed by atoms with Gasteiger partial charge in [-0.2, -0.15) is 0 Å². The second-order valence-corrected chi connectivity index (χ2v) is 7.10. The maximum absolute atomic E-state index is 13.7. The van der Waals surface area contributed by atoms with Crippen LogP contribution < -0.4 is 5.32 Å².